The van der Waals surface area contributed by atoms with Crippen molar-refractivity contribution < 1.29 is 4.79 Å². The van der Waals surface area contributed by atoms with E-state index < -0.39 is 0 Å². The zero-order chi connectivity index (χ0) is 21.2. The highest BCUT2D eigenvalue weighted by Gasteiger charge is 2.25. The van der Waals surface area contributed by atoms with Gasteiger partial charge in [0.15, 0.2) is 5.78 Å². The van der Waals surface area contributed by atoms with Gasteiger partial charge in [-0.25, -0.2) is 0 Å². The molecule has 0 aromatic heterocycles. The molecule has 0 saturated heterocycles. The lowest BCUT2D eigenvalue weighted by atomic mass is 10.0. The van der Waals surface area contributed by atoms with Crippen molar-refractivity contribution in [3.8, 4) is 6.07 Å². The average Bonchev–Trinajstić information content (AvgIpc) is 3.61. The normalized spacial score (nSPS) is 18.0. The molecule has 0 spiro atoms. The summed E-state index contributed by atoms with van der Waals surface area (Å²) >= 11 is 0. The Bertz CT molecular complexity index is 800. The predicted octanol–water partition coefficient (Wildman–Crippen LogP) is 6.47. The number of carbonyl (C=O) groups excluding carboxylic acids is 1. The van der Waals surface area contributed by atoms with E-state index in [9.17, 15) is 4.79 Å². The van der Waals surface area contributed by atoms with Crippen LogP contribution in [0.1, 0.15) is 79.8 Å². The van der Waals surface area contributed by atoms with E-state index in [2.05, 4.69) is 30.3 Å². The molecule has 3 aliphatic rings. The lowest BCUT2D eigenvalue weighted by Crippen LogP contribution is -2.10. The molecule has 1 unspecified atom stereocenters. The predicted molar refractivity (Wildman–Crippen MR) is 122 cm³/mol. The molecule has 3 nitrogen and oxygen atoms in total. The molecule has 1 atom stereocenters. The Hall–Kier alpha value is -2.44. The van der Waals surface area contributed by atoms with E-state index in [1.54, 1.807) is 0 Å². The van der Waals surface area contributed by atoms with E-state index in [0.29, 0.717) is 11.7 Å². The molecule has 3 aliphatic carbocycles. The summed E-state index contributed by atoms with van der Waals surface area (Å²) in [5, 5.41) is 8.03. The number of nitriles is 1. The molecule has 3 fully saturated rings. The number of ketones is 1. The SMILES string of the molecule is N#CCC1CC1.NC(CC1CC1)c1ccccc1.O=C(CC1CC1)c1ccccc1. The van der Waals surface area contributed by atoms with Crippen molar-refractivity contribution in [2.45, 2.75) is 63.8 Å². The van der Waals surface area contributed by atoms with E-state index in [0.717, 1.165) is 30.2 Å². The molecule has 5 rings (SSSR count). The Kier molecular flexibility index (Phi) is 8.66. The third-order valence-electron chi connectivity index (χ3n) is 5.86. The number of Topliss-reactive ketones (excluding diaryl/α,β-unsaturated/α-hetero) is 1. The topological polar surface area (TPSA) is 66.9 Å². The molecular weight excluding hydrogens is 368 g/mol. The standard InChI is InChI=1S/C11H15N.C11H12O.C5H7N/c2*12-11(8-9-6-7-9)10-4-2-1-3-5-10;6-4-3-5-1-2-5/h1-5,9,11H,6-8,12H2;1-5,9H,6-8H2;5H,1-3H2. The summed E-state index contributed by atoms with van der Waals surface area (Å²) in [6, 6.07) is 22.3. The Balaban J connectivity index is 0.000000136. The minimum Gasteiger partial charge on any atom is -0.324 e. The van der Waals surface area contributed by atoms with Crippen molar-refractivity contribution in [2.75, 3.05) is 0 Å². The Morgan fingerprint density at radius 3 is 1.87 bits per heavy atom. The maximum absolute atomic E-state index is 11.5. The Morgan fingerprint density at radius 1 is 0.867 bits per heavy atom. The highest BCUT2D eigenvalue weighted by molar-refractivity contribution is 5.96. The number of benzene rings is 2. The van der Waals surface area contributed by atoms with Crippen molar-refractivity contribution in [3.63, 3.8) is 0 Å². The number of nitrogens with zero attached hydrogens (tertiary/aromatic N) is 1. The van der Waals surface area contributed by atoms with Crippen molar-refractivity contribution in [1.82, 2.24) is 0 Å². The highest BCUT2D eigenvalue weighted by atomic mass is 16.1. The first-order valence-corrected chi connectivity index (χ1v) is 11.4. The van der Waals surface area contributed by atoms with E-state index in [1.165, 1.54) is 50.5 Å². The molecule has 0 aliphatic heterocycles. The van der Waals surface area contributed by atoms with Gasteiger partial charge < -0.3 is 5.73 Å². The van der Waals surface area contributed by atoms with Gasteiger partial charge in [0.05, 0.1) is 6.07 Å². The molecule has 2 N–H and O–H groups in total. The number of carbonyl (C=O) groups is 1. The van der Waals surface area contributed by atoms with Gasteiger partial charge in [0.2, 0.25) is 0 Å². The molecule has 158 valence electrons. The first-order valence-electron chi connectivity index (χ1n) is 11.4. The third kappa shape index (κ3) is 8.93. The van der Waals surface area contributed by atoms with Gasteiger partial charge in [-0.05, 0) is 55.4 Å². The zero-order valence-electron chi connectivity index (χ0n) is 17.9. The van der Waals surface area contributed by atoms with Gasteiger partial charge in [-0.1, -0.05) is 73.5 Å². The van der Waals surface area contributed by atoms with Crippen LogP contribution < -0.4 is 5.73 Å². The molecule has 0 radical (unpaired) electrons. The minimum atomic E-state index is 0.263. The molecule has 0 bridgehead atoms. The summed E-state index contributed by atoms with van der Waals surface area (Å²) in [6.45, 7) is 0. The quantitative estimate of drug-likeness (QED) is 0.540. The summed E-state index contributed by atoms with van der Waals surface area (Å²) in [7, 11) is 0. The van der Waals surface area contributed by atoms with Gasteiger partial charge in [-0.15, -0.1) is 0 Å². The largest absolute Gasteiger partial charge is 0.324 e. The van der Waals surface area contributed by atoms with Crippen LogP contribution in [0.3, 0.4) is 0 Å². The fourth-order valence-electron chi connectivity index (χ4n) is 3.33. The van der Waals surface area contributed by atoms with E-state index >= 15 is 0 Å². The number of hydrogen-bond acceptors (Lipinski definition) is 3. The molecule has 0 amide bonds. The fourth-order valence-corrected chi connectivity index (χ4v) is 3.33. The van der Waals surface area contributed by atoms with Crippen LogP contribution >= 0.6 is 0 Å². The van der Waals surface area contributed by atoms with Crippen LogP contribution in [-0.4, -0.2) is 5.78 Å². The van der Waals surface area contributed by atoms with Gasteiger partial charge in [-0.3, -0.25) is 4.79 Å². The number of hydrogen-bond donors (Lipinski definition) is 1. The number of rotatable bonds is 7. The van der Waals surface area contributed by atoms with E-state index in [-0.39, 0.29) is 6.04 Å². The van der Waals surface area contributed by atoms with Gasteiger partial charge in [0.1, 0.15) is 0 Å². The van der Waals surface area contributed by atoms with Crippen LogP contribution in [0, 0.1) is 29.1 Å². The van der Waals surface area contributed by atoms with Crippen LogP contribution in [0.2, 0.25) is 0 Å². The summed E-state index contributed by atoms with van der Waals surface area (Å²) in [5.74, 6) is 2.70. The second kappa shape index (κ2) is 11.7. The van der Waals surface area contributed by atoms with Crippen LogP contribution in [0.4, 0.5) is 0 Å². The molecule has 30 heavy (non-hydrogen) atoms. The van der Waals surface area contributed by atoms with E-state index in [4.69, 9.17) is 11.0 Å². The van der Waals surface area contributed by atoms with Crippen LogP contribution in [-0.2, 0) is 0 Å². The Labute approximate surface area is 181 Å². The molecule has 3 heteroatoms. The second-order valence-electron chi connectivity index (χ2n) is 8.94. The molecule has 2 aromatic carbocycles. The van der Waals surface area contributed by atoms with Crippen LogP contribution in [0.5, 0.6) is 0 Å². The monoisotopic (exact) mass is 402 g/mol. The maximum atomic E-state index is 11.5. The highest BCUT2D eigenvalue weighted by Crippen LogP contribution is 2.36. The molecule has 0 heterocycles. The molecule has 3 saturated carbocycles. The zero-order valence-corrected chi connectivity index (χ0v) is 17.9. The summed E-state index contributed by atoms with van der Waals surface area (Å²) in [4.78, 5) is 11.5. The molecular formula is C27H34N2O. The van der Waals surface area contributed by atoms with Gasteiger partial charge in [0, 0.05) is 24.4 Å². The van der Waals surface area contributed by atoms with Crippen LogP contribution in [0.15, 0.2) is 60.7 Å². The summed E-state index contributed by atoms with van der Waals surface area (Å²) in [6.07, 6.45) is 10.6. The van der Waals surface area contributed by atoms with Gasteiger partial charge >= 0.3 is 0 Å². The maximum Gasteiger partial charge on any atom is 0.163 e. The second-order valence-corrected chi connectivity index (χ2v) is 8.94. The van der Waals surface area contributed by atoms with E-state index in [1.807, 2.05) is 36.4 Å². The van der Waals surface area contributed by atoms with Crippen molar-refractivity contribution in [1.29, 1.82) is 5.26 Å². The van der Waals surface area contributed by atoms with Crippen molar-refractivity contribution in [2.24, 2.45) is 23.5 Å². The van der Waals surface area contributed by atoms with Crippen molar-refractivity contribution >= 4 is 5.78 Å². The van der Waals surface area contributed by atoms with Crippen LogP contribution in [0.25, 0.3) is 0 Å². The first-order chi connectivity index (χ1) is 14.7. The summed E-state index contributed by atoms with van der Waals surface area (Å²) in [5.41, 5.74) is 8.18. The fraction of sp³-hybridized carbons (Fsp3) is 0.481. The molecule has 2 aromatic rings. The minimum absolute atomic E-state index is 0.263. The lowest BCUT2D eigenvalue weighted by molar-refractivity contribution is 0.0976. The van der Waals surface area contributed by atoms with Crippen molar-refractivity contribution in [3.05, 3.63) is 71.8 Å². The average molecular weight is 403 g/mol. The van der Waals surface area contributed by atoms with Gasteiger partial charge in [0.25, 0.3) is 0 Å². The number of nitrogens with two attached hydrogens (primary N) is 1. The lowest BCUT2D eigenvalue weighted by Gasteiger charge is -2.10. The first kappa shape index (κ1) is 22.2. The summed E-state index contributed by atoms with van der Waals surface area (Å²) < 4.78 is 0. The van der Waals surface area contributed by atoms with Gasteiger partial charge in [-0.2, -0.15) is 5.26 Å². The Morgan fingerprint density at radius 2 is 1.40 bits per heavy atom. The third-order valence-corrected chi connectivity index (χ3v) is 5.86. The smallest absolute Gasteiger partial charge is 0.163 e.